The monoisotopic (exact) mass is 336 g/mol. The second kappa shape index (κ2) is 3.93. The van der Waals surface area contributed by atoms with E-state index >= 15 is 0 Å². The number of hydrogen-bond donors (Lipinski definition) is 0. The van der Waals surface area contributed by atoms with Gasteiger partial charge in [0, 0.05) is 19.5 Å². The Balaban J connectivity index is 2.80. The Morgan fingerprint density at radius 1 is 1.23 bits per heavy atom. The standard InChI is InChI=1S/C9H6Br2S2/c1-12-7-2-5(10)3-8-6(7)4-9(11)13-8/h2-4H,1H3. The predicted octanol–water partition coefficient (Wildman–Crippen LogP) is 5.15. The second-order valence-corrected chi connectivity index (χ2v) is 6.80. The summed E-state index contributed by atoms with van der Waals surface area (Å²) in [5.41, 5.74) is 0. The van der Waals surface area contributed by atoms with Crippen molar-refractivity contribution in [1.29, 1.82) is 0 Å². The fourth-order valence-corrected chi connectivity index (χ4v) is 4.28. The van der Waals surface area contributed by atoms with Crippen LogP contribution in [0, 0.1) is 0 Å². The van der Waals surface area contributed by atoms with Crippen LogP contribution in [0.1, 0.15) is 0 Å². The minimum absolute atomic E-state index is 1.15. The Kier molecular flexibility index (Phi) is 3.03. The van der Waals surface area contributed by atoms with Crippen LogP contribution in [0.25, 0.3) is 10.1 Å². The van der Waals surface area contributed by atoms with Crippen molar-refractivity contribution in [2.75, 3.05) is 6.26 Å². The van der Waals surface area contributed by atoms with E-state index in [0.717, 1.165) is 4.47 Å². The molecule has 2 rings (SSSR count). The number of thiophene rings is 1. The minimum atomic E-state index is 1.15. The number of fused-ring (bicyclic) bond motifs is 1. The molecule has 0 aliphatic rings. The van der Waals surface area contributed by atoms with Crippen LogP contribution in [0.2, 0.25) is 0 Å². The van der Waals surface area contributed by atoms with Gasteiger partial charge in [-0.15, -0.1) is 23.1 Å². The first kappa shape index (κ1) is 10.0. The number of thioether (sulfide) groups is 1. The Morgan fingerprint density at radius 3 is 2.69 bits per heavy atom. The van der Waals surface area contributed by atoms with Gasteiger partial charge in [0.05, 0.1) is 3.79 Å². The van der Waals surface area contributed by atoms with Crippen LogP contribution in [-0.2, 0) is 0 Å². The minimum Gasteiger partial charge on any atom is -0.129 e. The summed E-state index contributed by atoms with van der Waals surface area (Å²) < 4.78 is 3.67. The molecule has 0 amide bonds. The molecule has 0 saturated heterocycles. The van der Waals surface area contributed by atoms with Crippen molar-refractivity contribution in [1.82, 2.24) is 0 Å². The molecular weight excluding hydrogens is 332 g/mol. The summed E-state index contributed by atoms with van der Waals surface area (Å²) >= 11 is 10.6. The molecule has 0 spiro atoms. The number of benzene rings is 1. The van der Waals surface area contributed by atoms with Gasteiger partial charge in [0.15, 0.2) is 0 Å². The van der Waals surface area contributed by atoms with Crippen molar-refractivity contribution >= 4 is 65.0 Å². The van der Waals surface area contributed by atoms with Crippen molar-refractivity contribution in [2.45, 2.75) is 4.90 Å². The summed E-state index contributed by atoms with van der Waals surface area (Å²) in [7, 11) is 0. The van der Waals surface area contributed by atoms with E-state index in [0.29, 0.717) is 0 Å². The largest absolute Gasteiger partial charge is 0.129 e. The molecule has 1 aromatic heterocycles. The van der Waals surface area contributed by atoms with E-state index in [4.69, 9.17) is 0 Å². The lowest BCUT2D eigenvalue weighted by Gasteiger charge is -1.99. The topological polar surface area (TPSA) is 0 Å². The smallest absolute Gasteiger partial charge is 0.0711 e. The van der Waals surface area contributed by atoms with Crippen LogP contribution in [0.5, 0.6) is 0 Å². The van der Waals surface area contributed by atoms with Gasteiger partial charge in [-0.1, -0.05) is 15.9 Å². The summed E-state index contributed by atoms with van der Waals surface area (Å²) in [4.78, 5) is 1.33. The first-order valence-corrected chi connectivity index (χ1v) is 7.26. The molecule has 1 heterocycles. The van der Waals surface area contributed by atoms with Crippen LogP contribution in [0.4, 0.5) is 0 Å². The van der Waals surface area contributed by atoms with E-state index in [2.05, 4.69) is 56.3 Å². The van der Waals surface area contributed by atoms with Crippen molar-refractivity contribution in [3.05, 3.63) is 26.5 Å². The average Bonchev–Trinajstić information content (AvgIpc) is 2.43. The van der Waals surface area contributed by atoms with Crippen molar-refractivity contribution in [2.24, 2.45) is 0 Å². The van der Waals surface area contributed by atoms with Crippen LogP contribution in [0.3, 0.4) is 0 Å². The highest BCUT2D eigenvalue weighted by atomic mass is 79.9. The second-order valence-electron chi connectivity index (χ2n) is 2.57. The number of hydrogen-bond acceptors (Lipinski definition) is 2. The Labute approximate surface area is 102 Å². The lowest BCUT2D eigenvalue weighted by Crippen LogP contribution is -1.71. The summed E-state index contributed by atoms with van der Waals surface area (Å²) in [6.45, 7) is 0. The molecule has 0 saturated carbocycles. The van der Waals surface area contributed by atoms with Crippen LogP contribution < -0.4 is 0 Å². The zero-order valence-electron chi connectivity index (χ0n) is 6.80. The third kappa shape index (κ3) is 1.96. The van der Waals surface area contributed by atoms with E-state index < -0.39 is 0 Å². The van der Waals surface area contributed by atoms with Gasteiger partial charge in [-0.05, 0) is 40.4 Å². The lowest BCUT2D eigenvalue weighted by atomic mass is 10.3. The summed E-state index contributed by atoms with van der Waals surface area (Å²) in [5, 5.41) is 1.34. The molecule has 0 aliphatic carbocycles. The molecule has 0 N–H and O–H groups in total. The molecule has 0 aliphatic heterocycles. The lowest BCUT2D eigenvalue weighted by molar-refractivity contribution is 1.54. The average molecular weight is 338 g/mol. The Bertz CT molecular complexity index is 448. The molecule has 1 aromatic carbocycles. The quantitative estimate of drug-likeness (QED) is 0.648. The first-order valence-electron chi connectivity index (χ1n) is 3.63. The van der Waals surface area contributed by atoms with E-state index in [1.165, 1.54) is 18.8 Å². The third-order valence-electron chi connectivity index (χ3n) is 1.75. The molecule has 4 heteroatoms. The molecule has 0 atom stereocenters. The van der Waals surface area contributed by atoms with E-state index in [-0.39, 0.29) is 0 Å². The van der Waals surface area contributed by atoms with Gasteiger partial charge in [-0.3, -0.25) is 0 Å². The normalized spacial score (nSPS) is 11.0. The molecule has 2 aromatic rings. The maximum Gasteiger partial charge on any atom is 0.0711 e. The van der Waals surface area contributed by atoms with Crippen LogP contribution >= 0.6 is 55.0 Å². The molecule has 0 nitrogen and oxygen atoms in total. The van der Waals surface area contributed by atoms with Gasteiger partial charge in [0.2, 0.25) is 0 Å². The number of halogens is 2. The third-order valence-corrected chi connectivity index (χ3v) is 4.57. The zero-order chi connectivity index (χ0) is 9.42. The molecule has 68 valence electrons. The van der Waals surface area contributed by atoms with Gasteiger partial charge >= 0.3 is 0 Å². The molecule has 0 radical (unpaired) electrons. The fraction of sp³-hybridized carbons (Fsp3) is 0.111. The zero-order valence-corrected chi connectivity index (χ0v) is 11.6. The van der Waals surface area contributed by atoms with Crippen molar-refractivity contribution in [3.63, 3.8) is 0 Å². The summed E-state index contributed by atoms with van der Waals surface area (Å²) in [5.74, 6) is 0. The highest BCUT2D eigenvalue weighted by molar-refractivity contribution is 9.11. The Morgan fingerprint density at radius 2 is 2.00 bits per heavy atom. The highest BCUT2D eigenvalue weighted by Gasteiger charge is 2.05. The van der Waals surface area contributed by atoms with Crippen molar-refractivity contribution in [3.8, 4) is 0 Å². The van der Waals surface area contributed by atoms with E-state index in [1.54, 1.807) is 23.1 Å². The predicted molar refractivity (Wildman–Crippen MR) is 69.0 cm³/mol. The van der Waals surface area contributed by atoms with Gasteiger partial charge in [-0.2, -0.15) is 0 Å². The van der Waals surface area contributed by atoms with Gasteiger partial charge in [-0.25, -0.2) is 0 Å². The van der Waals surface area contributed by atoms with Crippen LogP contribution in [0.15, 0.2) is 31.4 Å². The molecule has 0 unspecified atom stereocenters. The summed E-state index contributed by atoms with van der Waals surface area (Å²) in [6.07, 6.45) is 2.10. The fourth-order valence-electron chi connectivity index (χ4n) is 1.21. The van der Waals surface area contributed by atoms with Crippen LogP contribution in [-0.4, -0.2) is 6.26 Å². The molecule has 0 bridgehead atoms. The molecule has 0 fully saturated rings. The number of rotatable bonds is 1. The van der Waals surface area contributed by atoms with Gasteiger partial charge in [0.1, 0.15) is 0 Å². The Hall–Kier alpha value is 0.490. The SMILES string of the molecule is CSc1cc(Br)cc2sc(Br)cc12. The van der Waals surface area contributed by atoms with Crippen molar-refractivity contribution < 1.29 is 0 Å². The maximum absolute atomic E-state index is 3.51. The van der Waals surface area contributed by atoms with E-state index in [1.807, 2.05) is 0 Å². The molecule has 13 heavy (non-hydrogen) atoms. The molecular formula is C9H6Br2S2. The summed E-state index contributed by atoms with van der Waals surface area (Å²) in [6, 6.07) is 6.49. The maximum atomic E-state index is 3.51. The van der Waals surface area contributed by atoms with Gasteiger partial charge in [0.25, 0.3) is 0 Å². The van der Waals surface area contributed by atoms with E-state index in [9.17, 15) is 0 Å². The first-order chi connectivity index (χ1) is 6.20. The highest BCUT2D eigenvalue weighted by Crippen LogP contribution is 2.37. The van der Waals surface area contributed by atoms with Gasteiger partial charge < -0.3 is 0 Å².